The molecule has 0 amide bonds. The second kappa shape index (κ2) is 4.60. The quantitative estimate of drug-likeness (QED) is 0.725. The summed E-state index contributed by atoms with van der Waals surface area (Å²) in [5, 5.41) is 11.4. The van der Waals surface area contributed by atoms with Gasteiger partial charge in [-0.15, -0.1) is 10.2 Å². The van der Waals surface area contributed by atoms with E-state index in [9.17, 15) is 8.78 Å². The summed E-state index contributed by atoms with van der Waals surface area (Å²) < 4.78 is 28.3. The molecule has 1 radical (unpaired) electrons. The molecule has 0 spiro atoms. The number of hydrogen-bond acceptors (Lipinski definition) is 3. The highest BCUT2D eigenvalue weighted by Gasteiger charge is 2.19. The van der Waals surface area contributed by atoms with E-state index in [1.54, 1.807) is 4.57 Å². The molecule has 2 aromatic heterocycles. The average molecular weight is 260 g/mol. The number of alkyl halides is 2. The molecule has 0 fully saturated rings. The first-order chi connectivity index (χ1) is 9.27. The van der Waals surface area contributed by atoms with E-state index in [4.69, 9.17) is 0 Å². The van der Waals surface area contributed by atoms with Crippen LogP contribution in [0.1, 0.15) is 12.1 Å². The molecule has 0 aliphatic carbocycles. The van der Waals surface area contributed by atoms with Crippen LogP contribution in [0.2, 0.25) is 0 Å². The van der Waals surface area contributed by atoms with Gasteiger partial charge < -0.3 is 0 Å². The molecule has 0 saturated carbocycles. The highest BCUT2D eigenvalue weighted by molar-refractivity contribution is 5.35. The Balaban J connectivity index is 2.13. The van der Waals surface area contributed by atoms with Crippen molar-refractivity contribution in [3.8, 4) is 11.6 Å². The Morgan fingerprint density at radius 2 is 1.95 bits per heavy atom. The van der Waals surface area contributed by atoms with Gasteiger partial charge in [-0.3, -0.25) is 4.57 Å². The Bertz CT molecular complexity index is 674. The molecule has 1 aromatic carbocycles. The predicted molar refractivity (Wildman–Crippen MR) is 62.3 cm³/mol. The van der Waals surface area contributed by atoms with Gasteiger partial charge in [0.2, 0.25) is 0 Å². The van der Waals surface area contributed by atoms with Gasteiger partial charge >= 0.3 is 0 Å². The van der Waals surface area contributed by atoms with Crippen LogP contribution in [0, 0.1) is 6.07 Å². The first-order valence-electron chi connectivity index (χ1n) is 5.47. The summed E-state index contributed by atoms with van der Waals surface area (Å²) in [6.07, 6.45) is -0.0453. The summed E-state index contributed by atoms with van der Waals surface area (Å²) in [7, 11) is 0. The molecular weight excluding hydrogens is 252 g/mol. The van der Waals surface area contributed by atoms with Crippen LogP contribution in [0.3, 0.4) is 0 Å². The minimum Gasteiger partial charge on any atom is -0.266 e. The average Bonchev–Trinajstić information content (AvgIpc) is 3.08. The molecule has 3 rings (SSSR count). The van der Waals surface area contributed by atoms with Crippen LogP contribution < -0.4 is 0 Å². The van der Waals surface area contributed by atoms with E-state index in [1.807, 2.05) is 30.3 Å². The van der Waals surface area contributed by atoms with Crippen molar-refractivity contribution in [3.63, 3.8) is 0 Å². The van der Waals surface area contributed by atoms with E-state index in [-0.39, 0.29) is 11.6 Å². The van der Waals surface area contributed by atoms with Crippen LogP contribution in [0.4, 0.5) is 8.78 Å². The van der Waals surface area contributed by atoms with E-state index in [0.717, 1.165) is 10.4 Å². The Kier molecular flexibility index (Phi) is 2.79. The number of rotatable bonds is 3. The van der Waals surface area contributed by atoms with Crippen LogP contribution in [0.15, 0.2) is 42.9 Å². The van der Waals surface area contributed by atoms with Crippen molar-refractivity contribution >= 4 is 0 Å². The molecule has 95 valence electrons. The van der Waals surface area contributed by atoms with Gasteiger partial charge in [-0.05, 0) is 12.1 Å². The summed E-state index contributed by atoms with van der Waals surface area (Å²) in [6, 6.07) is 11.6. The third-order valence-corrected chi connectivity index (χ3v) is 2.57. The van der Waals surface area contributed by atoms with Crippen LogP contribution in [-0.4, -0.2) is 24.5 Å². The maximum Gasteiger partial charge on any atom is 0.281 e. The van der Waals surface area contributed by atoms with Gasteiger partial charge in [0.05, 0.1) is 11.9 Å². The molecule has 0 saturated heterocycles. The van der Waals surface area contributed by atoms with Crippen molar-refractivity contribution in [3.05, 3.63) is 54.6 Å². The third kappa shape index (κ3) is 1.99. The van der Waals surface area contributed by atoms with Crippen molar-refractivity contribution < 1.29 is 8.78 Å². The second-order valence-electron chi connectivity index (χ2n) is 3.72. The third-order valence-electron chi connectivity index (χ3n) is 2.57. The molecule has 0 aliphatic rings. The van der Waals surface area contributed by atoms with E-state index in [1.165, 1.54) is 12.5 Å². The molecule has 0 unspecified atom stereocenters. The fourth-order valence-corrected chi connectivity index (χ4v) is 1.73. The summed E-state index contributed by atoms with van der Waals surface area (Å²) in [5.41, 5.74) is 0.420. The lowest BCUT2D eigenvalue weighted by Gasteiger charge is -2.08. The number of nitrogens with zero attached hydrogens (tertiary/aromatic N) is 5. The lowest BCUT2D eigenvalue weighted by atomic mass is 10.3. The number of hydrogen-bond donors (Lipinski definition) is 0. The summed E-state index contributed by atoms with van der Waals surface area (Å²) in [4.78, 5) is 0. The van der Waals surface area contributed by atoms with Crippen LogP contribution >= 0.6 is 0 Å². The standard InChI is InChI=1S/C12H8F2N5/c13-11(14)10-6-7-16-19(10)12-17-15-8-18(12)9-4-2-1-3-5-9/h1-5,7-8,11H. The first kappa shape index (κ1) is 11.5. The zero-order chi connectivity index (χ0) is 13.2. The van der Waals surface area contributed by atoms with E-state index < -0.39 is 6.43 Å². The van der Waals surface area contributed by atoms with Gasteiger partial charge in [0.15, 0.2) is 0 Å². The van der Waals surface area contributed by atoms with Gasteiger partial charge in [0, 0.05) is 6.07 Å². The van der Waals surface area contributed by atoms with E-state index in [2.05, 4.69) is 21.4 Å². The normalized spacial score (nSPS) is 11.1. The summed E-state index contributed by atoms with van der Waals surface area (Å²) in [6.45, 7) is 0. The molecule has 0 N–H and O–H groups in total. The molecule has 0 bridgehead atoms. The lowest BCUT2D eigenvalue weighted by molar-refractivity contribution is 0.142. The van der Waals surface area contributed by atoms with Crippen LogP contribution in [0.5, 0.6) is 0 Å². The number of para-hydroxylation sites is 1. The van der Waals surface area contributed by atoms with Crippen LogP contribution in [0.25, 0.3) is 11.6 Å². The van der Waals surface area contributed by atoms with Crippen molar-refractivity contribution in [2.45, 2.75) is 6.43 Å². The Hall–Kier alpha value is -2.57. The van der Waals surface area contributed by atoms with Gasteiger partial charge in [0.1, 0.15) is 12.0 Å². The minimum atomic E-state index is -2.68. The lowest BCUT2D eigenvalue weighted by Crippen LogP contribution is -2.09. The molecule has 2 heterocycles. The minimum absolute atomic E-state index is 0.197. The monoisotopic (exact) mass is 260 g/mol. The molecule has 7 heteroatoms. The largest absolute Gasteiger partial charge is 0.281 e. The van der Waals surface area contributed by atoms with Gasteiger partial charge in [-0.1, -0.05) is 18.2 Å². The Morgan fingerprint density at radius 3 is 2.68 bits per heavy atom. The van der Waals surface area contributed by atoms with Crippen LogP contribution in [-0.2, 0) is 0 Å². The Labute approximate surface area is 107 Å². The topological polar surface area (TPSA) is 48.5 Å². The van der Waals surface area contributed by atoms with Crippen molar-refractivity contribution in [1.82, 2.24) is 24.5 Å². The maximum absolute atomic E-state index is 12.8. The highest BCUT2D eigenvalue weighted by Crippen LogP contribution is 2.21. The van der Waals surface area contributed by atoms with Crippen molar-refractivity contribution in [2.75, 3.05) is 0 Å². The molecule has 3 aromatic rings. The molecule has 0 aliphatic heterocycles. The fraction of sp³-hybridized carbons (Fsp3) is 0.0833. The number of aromatic nitrogens is 5. The molecule has 19 heavy (non-hydrogen) atoms. The predicted octanol–water partition coefficient (Wildman–Crippen LogP) is 2.19. The summed E-state index contributed by atoms with van der Waals surface area (Å²) >= 11 is 0. The maximum atomic E-state index is 12.8. The number of benzene rings is 1. The SMILES string of the molecule is FC(F)c1[c]cnn1-c1nncn1-c1ccccc1. The van der Waals surface area contributed by atoms with Gasteiger partial charge in [-0.2, -0.15) is 9.78 Å². The molecule has 0 atom stereocenters. The molecule has 5 nitrogen and oxygen atoms in total. The van der Waals surface area contributed by atoms with Crippen molar-refractivity contribution in [2.24, 2.45) is 0 Å². The zero-order valence-corrected chi connectivity index (χ0v) is 9.61. The fourth-order valence-electron chi connectivity index (χ4n) is 1.73. The van der Waals surface area contributed by atoms with E-state index in [0.29, 0.717) is 0 Å². The Morgan fingerprint density at radius 1 is 1.16 bits per heavy atom. The summed E-state index contributed by atoms with van der Waals surface area (Å²) in [5.74, 6) is 0.197. The number of halogens is 2. The molecular formula is C12H8F2N5. The second-order valence-corrected chi connectivity index (χ2v) is 3.72. The zero-order valence-electron chi connectivity index (χ0n) is 9.61. The van der Waals surface area contributed by atoms with Crippen molar-refractivity contribution in [1.29, 1.82) is 0 Å². The smallest absolute Gasteiger partial charge is 0.266 e. The van der Waals surface area contributed by atoms with Gasteiger partial charge in [0.25, 0.3) is 12.4 Å². The van der Waals surface area contributed by atoms with E-state index >= 15 is 0 Å². The highest BCUT2D eigenvalue weighted by atomic mass is 19.3. The first-order valence-corrected chi connectivity index (χ1v) is 5.47. The van der Waals surface area contributed by atoms with Gasteiger partial charge in [-0.25, -0.2) is 8.78 Å².